The smallest absolute Gasteiger partial charge is 0.407 e. The second-order valence-electron chi connectivity index (χ2n) is 9.13. The first-order chi connectivity index (χ1) is 17.1. The average Bonchev–Trinajstić information content (AvgIpc) is 2.84. The van der Waals surface area contributed by atoms with E-state index in [0.29, 0.717) is 18.9 Å². The minimum Gasteiger partial charge on any atom is -0.488 e. The monoisotopic (exact) mass is 501 g/mol. The van der Waals surface area contributed by atoms with Crippen LogP contribution in [0.1, 0.15) is 45.9 Å². The van der Waals surface area contributed by atoms with Gasteiger partial charge in [-0.1, -0.05) is 18.2 Å². The second-order valence-corrected chi connectivity index (χ2v) is 9.13. The molecule has 0 spiro atoms. The molecule has 198 valence electrons. The van der Waals surface area contributed by atoms with Gasteiger partial charge < -0.3 is 29.2 Å². The molecular formula is C27H39N3O6. The summed E-state index contributed by atoms with van der Waals surface area (Å²) in [5.41, 5.74) is 1.24. The molecule has 0 aliphatic heterocycles. The van der Waals surface area contributed by atoms with Gasteiger partial charge in [0.25, 0.3) is 0 Å². The van der Waals surface area contributed by atoms with Crippen molar-refractivity contribution in [2.24, 2.45) is 0 Å². The summed E-state index contributed by atoms with van der Waals surface area (Å²) in [6.07, 6.45) is 0.632. The van der Waals surface area contributed by atoms with Crippen molar-refractivity contribution in [2.45, 2.75) is 65.5 Å². The molecule has 0 aliphatic rings. The highest BCUT2D eigenvalue weighted by Gasteiger charge is 2.29. The van der Waals surface area contributed by atoms with Gasteiger partial charge in [-0.3, -0.25) is 9.78 Å². The second kappa shape index (κ2) is 14.4. The molecule has 0 saturated carbocycles. The van der Waals surface area contributed by atoms with E-state index >= 15 is 0 Å². The molecule has 1 N–H and O–H groups in total. The fourth-order valence-corrected chi connectivity index (χ4v) is 3.53. The highest BCUT2D eigenvalue weighted by atomic mass is 16.7. The summed E-state index contributed by atoms with van der Waals surface area (Å²) < 4.78 is 22.1. The summed E-state index contributed by atoms with van der Waals surface area (Å²) in [7, 11) is 1.27. The van der Waals surface area contributed by atoms with Gasteiger partial charge in [-0.15, -0.1) is 0 Å². The maximum atomic E-state index is 13.8. The van der Waals surface area contributed by atoms with Crippen molar-refractivity contribution in [3.05, 3.63) is 59.9 Å². The van der Waals surface area contributed by atoms with Crippen molar-refractivity contribution in [1.29, 1.82) is 0 Å². The zero-order chi connectivity index (χ0) is 26.6. The fraction of sp³-hybridized carbons (Fsp3) is 0.519. The molecule has 0 radical (unpaired) electrons. The molecule has 1 unspecified atom stereocenters. The molecule has 0 saturated heterocycles. The van der Waals surface area contributed by atoms with Crippen LogP contribution >= 0.6 is 0 Å². The van der Waals surface area contributed by atoms with E-state index in [0.717, 1.165) is 11.3 Å². The number of alkyl carbamates (subject to hydrolysis) is 1. The zero-order valence-electron chi connectivity index (χ0n) is 22.2. The van der Waals surface area contributed by atoms with Crippen LogP contribution in [0.2, 0.25) is 0 Å². The lowest BCUT2D eigenvalue weighted by atomic mass is 10.0. The first-order valence-electron chi connectivity index (χ1n) is 12.2. The quantitative estimate of drug-likeness (QED) is 0.415. The molecule has 1 aromatic heterocycles. The highest BCUT2D eigenvalue weighted by molar-refractivity contribution is 5.86. The molecule has 0 fully saturated rings. The van der Waals surface area contributed by atoms with Crippen LogP contribution in [-0.4, -0.2) is 66.7 Å². The maximum absolute atomic E-state index is 13.8. The Morgan fingerprint density at radius 2 is 1.69 bits per heavy atom. The predicted molar refractivity (Wildman–Crippen MR) is 137 cm³/mol. The Morgan fingerprint density at radius 1 is 1.03 bits per heavy atom. The van der Waals surface area contributed by atoms with E-state index in [1.54, 1.807) is 11.1 Å². The number of benzene rings is 1. The van der Waals surface area contributed by atoms with E-state index in [-0.39, 0.29) is 31.0 Å². The summed E-state index contributed by atoms with van der Waals surface area (Å²) in [5, 5.41) is 2.69. The van der Waals surface area contributed by atoms with Crippen LogP contribution < -0.4 is 10.1 Å². The molecule has 1 atom stereocenters. The van der Waals surface area contributed by atoms with Gasteiger partial charge in [-0.25, -0.2) is 4.79 Å². The number of carbonyl (C=O) groups is 2. The number of aromatic nitrogens is 1. The molecule has 2 aromatic rings. The molecule has 36 heavy (non-hydrogen) atoms. The van der Waals surface area contributed by atoms with Gasteiger partial charge in [-0.05, 0) is 64.4 Å². The van der Waals surface area contributed by atoms with Gasteiger partial charge in [0.1, 0.15) is 17.4 Å². The third-order valence-corrected chi connectivity index (χ3v) is 5.03. The maximum Gasteiger partial charge on any atom is 0.407 e. The molecule has 2 amide bonds. The van der Waals surface area contributed by atoms with Crippen LogP contribution in [0, 0.1) is 0 Å². The topological polar surface area (TPSA) is 99.2 Å². The molecular weight excluding hydrogens is 462 g/mol. The molecule has 1 heterocycles. The SMILES string of the molecule is CCOC(CN(Cc1ccccn1)C(=O)C(Cc1ccc(OC(C)(C)C)cc1)NC(=O)OC)OCC. The average molecular weight is 502 g/mol. The lowest BCUT2D eigenvalue weighted by molar-refractivity contribution is -0.161. The largest absolute Gasteiger partial charge is 0.488 e. The zero-order valence-corrected chi connectivity index (χ0v) is 22.2. The van der Waals surface area contributed by atoms with Crippen molar-refractivity contribution >= 4 is 12.0 Å². The van der Waals surface area contributed by atoms with Crippen molar-refractivity contribution in [3.8, 4) is 5.75 Å². The van der Waals surface area contributed by atoms with Gasteiger partial charge in [0, 0.05) is 25.8 Å². The van der Waals surface area contributed by atoms with Gasteiger partial charge >= 0.3 is 6.09 Å². The fourth-order valence-electron chi connectivity index (χ4n) is 3.53. The third kappa shape index (κ3) is 10.2. The number of pyridine rings is 1. The Bertz CT molecular complexity index is 925. The molecule has 0 bridgehead atoms. The van der Waals surface area contributed by atoms with E-state index in [1.165, 1.54) is 7.11 Å². The Labute approximate surface area is 214 Å². The number of nitrogens with one attached hydrogen (secondary N) is 1. The van der Waals surface area contributed by atoms with Crippen molar-refractivity contribution in [1.82, 2.24) is 15.2 Å². The standard InChI is InChI=1S/C27H39N3O6/c1-7-34-24(35-8-2)19-30(18-21-11-9-10-16-28-21)25(31)23(29-26(32)33-6)17-20-12-14-22(15-13-20)36-27(3,4)5/h9-16,23-24H,7-8,17-19H2,1-6H3,(H,29,32). The summed E-state index contributed by atoms with van der Waals surface area (Å²) in [5.74, 6) is 0.425. The first-order valence-corrected chi connectivity index (χ1v) is 12.2. The van der Waals surface area contributed by atoms with E-state index < -0.39 is 18.4 Å². The van der Waals surface area contributed by atoms with E-state index in [9.17, 15) is 9.59 Å². The van der Waals surface area contributed by atoms with Crippen LogP contribution in [0.4, 0.5) is 4.79 Å². The van der Waals surface area contributed by atoms with Crippen molar-refractivity contribution < 1.29 is 28.5 Å². The normalized spacial score (nSPS) is 12.2. The predicted octanol–water partition coefficient (Wildman–Crippen LogP) is 3.95. The number of hydrogen-bond acceptors (Lipinski definition) is 7. The lowest BCUT2D eigenvalue weighted by Crippen LogP contribution is -2.51. The Kier molecular flexibility index (Phi) is 11.6. The number of amides is 2. The van der Waals surface area contributed by atoms with Gasteiger partial charge in [0.2, 0.25) is 5.91 Å². The molecule has 2 rings (SSSR count). The Morgan fingerprint density at radius 3 is 2.22 bits per heavy atom. The molecule has 0 aliphatic carbocycles. The number of hydrogen-bond donors (Lipinski definition) is 1. The first kappa shape index (κ1) is 29.1. The summed E-state index contributed by atoms with van der Waals surface area (Å²) in [6.45, 7) is 10.9. The van der Waals surface area contributed by atoms with Crippen LogP contribution in [0.15, 0.2) is 48.7 Å². The summed E-state index contributed by atoms with van der Waals surface area (Å²) >= 11 is 0. The number of methoxy groups -OCH3 is 1. The Balaban J connectivity index is 2.29. The lowest BCUT2D eigenvalue weighted by Gasteiger charge is -2.30. The van der Waals surface area contributed by atoms with Gasteiger partial charge in [0.05, 0.1) is 25.9 Å². The number of nitrogens with zero attached hydrogens (tertiary/aromatic N) is 2. The number of ether oxygens (including phenoxy) is 4. The Hall–Kier alpha value is -3.17. The molecule has 9 nitrogen and oxygen atoms in total. The minimum atomic E-state index is -0.876. The summed E-state index contributed by atoms with van der Waals surface area (Å²) in [6, 6.07) is 12.1. The van der Waals surface area contributed by atoms with Crippen molar-refractivity contribution in [2.75, 3.05) is 26.9 Å². The number of carbonyl (C=O) groups excluding carboxylic acids is 2. The van der Waals surface area contributed by atoms with Gasteiger partial charge in [-0.2, -0.15) is 0 Å². The van der Waals surface area contributed by atoms with Crippen molar-refractivity contribution in [3.63, 3.8) is 0 Å². The number of rotatable bonds is 13. The van der Waals surface area contributed by atoms with E-state index in [1.807, 2.05) is 77.1 Å². The van der Waals surface area contributed by atoms with Crippen LogP contribution in [0.5, 0.6) is 5.75 Å². The van der Waals surface area contributed by atoms with Crippen LogP contribution in [0.3, 0.4) is 0 Å². The minimum absolute atomic E-state index is 0.175. The van der Waals surface area contributed by atoms with Crippen LogP contribution in [-0.2, 0) is 32.0 Å². The summed E-state index contributed by atoms with van der Waals surface area (Å²) in [4.78, 5) is 31.9. The highest BCUT2D eigenvalue weighted by Crippen LogP contribution is 2.20. The van der Waals surface area contributed by atoms with E-state index in [2.05, 4.69) is 10.3 Å². The molecule has 9 heteroatoms. The van der Waals surface area contributed by atoms with Crippen LogP contribution in [0.25, 0.3) is 0 Å². The third-order valence-electron chi connectivity index (χ3n) is 5.03. The van der Waals surface area contributed by atoms with Gasteiger partial charge in [0.15, 0.2) is 6.29 Å². The van der Waals surface area contributed by atoms with E-state index in [4.69, 9.17) is 18.9 Å². The molecule has 1 aromatic carbocycles.